The zero-order chi connectivity index (χ0) is 18.7. The fourth-order valence-corrected chi connectivity index (χ4v) is 3.21. The number of carbonyl (C=O) groups is 1. The van der Waals surface area contributed by atoms with Crippen molar-refractivity contribution in [2.45, 2.75) is 58.8 Å². The van der Waals surface area contributed by atoms with Crippen molar-refractivity contribution in [3.63, 3.8) is 0 Å². The van der Waals surface area contributed by atoms with Gasteiger partial charge in [0.1, 0.15) is 11.9 Å². The number of hydrogen-bond acceptors (Lipinski definition) is 3. The Morgan fingerprint density at radius 2 is 1.73 bits per heavy atom. The van der Waals surface area contributed by atoms with Crippen molar-refractivity contribution in [1.29, 1.82) is 0 Å². The lowest BCUT2D eigenvalue weighted by molar-refractivity contribution is 0.0593. The first kappa shape index (κ1) is 18.3. The summed E-state index contributed by atoms with van der Waals surface area (Å²) in [5.74, 6) is 0.944. The molecule has 3 unspecified atom stereocenters. The van der Waals surface area contributed by atoms with Crippen LogP contribution in [0.3, 0.4) is 0 Å². The number of rotatable bonds is 6. The van der Waals surface area contributed by atoms with E-state index < -0.39 is 0 Å². The standard InChI is InChI=1S/C22H28N2O2/c1-5-15(3)24-21(23-20-10-8-7-9-19(20)22(24)25)17-11-13-18(14-12-17)26-16(4)6-2/h7-16,21,23H,5-6H2,1-4H3. The first-order valence-corrected chi connectivity index (χ1v) is 9.50. The monoisotopic (exact) mass is 352 g/mol. The van der Waals surface area contributed by atoms with Gasteiger partial charge in [0.05, 0.1) is 11.7 Å². The van der Waals surface area contributed by atoms with E-state index in [1.165, 1.54) is 0 Å². The summed E-state index contributed by atoms with van der Waals surface area (Å²) in [5.41, 5.74) is 2.69. The van der Waals surface area contributed by atoms with Crippen LogP contribution < -0.4 is 10.1 Å². The van der Waals surface area contributed by atoms with Crippen molar-refractivity contribution in [2.24, 2.45) is 0 Å². The highest BCUT2D eigenvalue weighted by Gasteiger charge is 2.35. The average molecular weight is 352 g/mol. The lowest BCUT2D eigenvalue weighted by Crippen LogP contribution is -2.47. The number of nitrogens with one attached hydrogen (secondary N) is 1. The van der Waals surface area contributed by atoms with Crippen LogP contribution in [0.15, 0.2) is 48.5 Å². The molecule has 0 fully saturated rings. The molecule has 1 heterocycles. The molecule has 3 atom stereocenters. The van der Waals surface area contributed by atoms with Gasteiger partial charge in [-0.05, 0) is 56.5 Å². The summed E-state index contributed by atoms with van der Waals surface area (Å²) < 4.78 is 5.88. The van der Waals surface area contributed by atoms with E-state index in [2.05, 4.69) is 33.0 Å². The van der Waals surface area contributed by atoms with Gasteiger partial charge in [-0.1, -0.05) is 38.1 Å². The van der Waals surface area contributed by atoms with E-state index in [-0.39, 0.29) is 24.2 Å². The number of ether oxygens (including phenoxy) is 1. The Morgan fingerprint density at radius 1 is 1.04 bits per heavy atom. The molecule has 1 amide bonds. The van der Waals surface area contributed by atoms with Gasteiger partial charge < -0.3 is 15.0 Å². The summed E-state index contributed by atoms with van der Waals surface area (Å²) in [6, 6.07) is 15.9. The molecule has 4 heteroatoms. The zero-order valence-corrected chi connectivity index (χ0v) is 16.0. The molecule has 0 saturated carbocycles. The molecule has 0 spiro atoms. The number of para-hydroxylation sites is 1. The first-order chi connectivity index (χ1) is 12.5. The molecule has 2 aromatic carbocycles. The van der Waals surface area contributed by atoms with Crippen LogP contribution in [-0.2, 0) is 0 Å². The Labute approximate surface area is 156 Å². The zero-order valence-electron chi connectivity index (χ0n) is 16.0. The van der Waals surface area contributed by atoms with Crippen LogP contribution >= 0.6 is 0 Å². The number of hydrogen-bond donors (Lipinski definition) is 1. The summed E-state index contributed by atoms with van der Waals surface area (Å²) >= 11 is 0. The van der Waals surface area contributed by atoms with Crippen LogP contribution in [0.1, 0.15) is 62.6 Å². The molecule has 2 aromatic rings. The van der Waals surface area contributed by atoms with Crippen molar-refractivity contribution in [3.05, 3.63) is 59.7 Å². The lowest BCUT2D eigenvalue weighted by Gasteiger charge is -2.41. The van der Waals surface area contributed by atoms with Gasteiger partial charge in [-0.3, -0.25) is 4.79 Å². The first-order valence-electron chi connectivity index (χ1n) is 9.50. The maximum Gasteiger partial charge on any atom is 0.258 e. The Bertz CT molecular complexity index is 757. The van der Waals surface area contributed by atoms with Crippen molar-refractivity contribution in [2.75, 3.05) is 5.32 Å². The molecule has 4 nitrogen and oxygen atoms in total. The molecule has 0 aliphatic carbocycles. The van der Waals surface area contributed by atoms with Crippen LogP contribution in [0.25, 0.3) is 0 Å². The van der Waals surface area contributed by atoms with Crippen molar-refractivity contribution >= 4 is 11.6 Å². The van der Waals surface area contributed by atoms with Crippen LogP contribution in [0.2, 0.25) is 0 Å². The van der Waals surface area contributed by atoms with Crippen molar-refractivity contribution in [3.8, 4) is 5.75 Å². The van der Waals surface area contributed by atoms with E-state index >= 15 is 0 Å². The third kappa shape index (κ3) is 3.55. The minimum Gasteiger partial charge on any atom is -0.491 e. The Morgan fingerprint density at radius 3 is 2.38 bits per heavy atom. The second-order valence-electron chi connectivity index (χ2n) is 6.97. The summed E-state index contributed by atoms with van der Waals surface area (Å²) in [6.45, 7) is 8.38. The second kappa shape index (κ2) is 7.81. The molecule has 0 bridgehead atoms. The van der Waals surface area contributed by atoms with Crippen molar-refractivity contribution < 1.29 is 9.53 Å². The molecule has 0 aromatic heterocycles. The topological polar surface area (TPSA) is 41.6 Å². The highest BCUT2D eigenvalue weighted by molar-refractivity contribution is 6.01. The van der Waals surface area contributed by atoms with Crippen LogP contribution in [0.5, 0.6) is 5.75 Å². The molecule has 0 radical (unpaired) electrons. The number of benzene rings is 2. The number of nitrogens with zero attached hydrogens (tertiary/aromatic N) is 1. The van der Waals surface area contributed by atoms with Gasteiger partial charge in [-0.2, -0.15) is 0 Å². The van der Waals surface area contributed by atoms with Crippen LogP contribution in [0, 0.1) is 0 Å². The quantitative estimate of drug-likeness (QED) is 0.774. The maximum absolute atomic E-state index is 13.1. The van der Waals surface area contributed by atoms with E-state index in [0.29, 0.717) is 0 Å². The lowest BCUT2D eigenvalue weighted by atomic mass is 10.0. The van der Waals surface area contributed by atoms with Gasteiger partial charge in [0.2, 0.25) is 0 Å². The molecule has 138 valence electrons. The summed E-state index contributed by atoms with van der Waals surface area (Å²) in [5, 5.41) is 3.54. The van der Waals surface area contributed by atoms with Gasteiger partial charge in [-0.15, -0.1) is 0 Å². The summed E-state index contributed by atoms with van der Waals surface area (Å²) in [4.78, 5) is 15.1. The second-order valence-corrected chi connectivity index (χ2v) is 6.97. The maximum atomic E-state index is 13.1. The summed E-state index contributed by atoms with van der Waals surface area (Å²) in [6.07, 6.45) is 1.89. The number of carbonyl (C=O) groups excluding carboxylic acids is 1. The fourth-order valence-electron chi connectivity index (χ4n) is 3.21. The van der Waals surface area contributed by atoms with E-state index in [9.17, 15) is 4.79 Å². The minimum atomic E-state index is -0.176. The van der Waals surface area contributed by atoms with E-state index in [1.807, 2.05) is 53.4 Å². The number of fused-ring (bicyclic) bond motifs is 1. The highest BCUT2D eigenvalue weighted by atomic mass is 16.5. The Kier molecular flexibility index (Phi) is 5.50. The molecule has 26 heavy (non-hydrogen) atoms. The number of amides is 1. The Hall–Kier alpha value is -2.49. The molecule has 1 aliphatic heterocycles. The average Bonchev–Trinajstić information content (AvgIpc) is 2.68. The normalized spacial score (nSPS) is 18.7. The van der Waals surface area contributed by atoms with Gasteiger partial charge in [0, 0.05) is 11.7 Å². The Balaban J connectivity index is 1.92. The smallest absolute Gasteiger partial charge is 0.258 e. The van der Waals surface area contributed by atoms with Gasteiger partial charge in [0.15, 0.2) is 0 Å². The summed E-state index contributed by atoms with van der Waals surface area (Å²) in [7, 11) is 0. The molecule has 0 saturated heterocycles. The van der Waals surface area contributed by atoms with Gasteiger partial charge >= 0.3 is 0 Å². The molecular formula is C22H28N2O2. The fraction of sp³-hybridized carbons (Fsp3) is 0.409. The van der Waals surface area contributed by atoms with E-state index in [4.69, 9.17) is 4.74 Å². The molecule has 3 rings (SSSR count). The molecule has 1 N–H and O–H groups in total. The van der Waals surface area contributed by atoms with Gasteiger partial charge in [-0.25, -0.2) is 0 Å². The van der Waals surface area contributed by atoms with Gasteiger partial charge in [0.25, 0.3) is 5.91 Å². The number of anilines is 1. The minimum absolute atomic E-state index is 0.0821. The van der Waals surface area contributed by atoms with Crippen LogP contribution in [-0.4, -0.2) is 23.0 Å². The molecular weight excluding hydrogens is 324 g/mol. The highest BCUT2D eigenvalue weighted by Crippen LogP contribution is 2.35. The third-order valence-corrected chi connectivity index (χ3v) is 5.14. The van der Waals surface area contributed by atoms with E-state index in [1.54, 1.807) is 0 Å². The van der Waals surface area contributed by atoms with Crippen LogP contribution in [0.4, 0.5) is 5.69 Å². The predicted octanol–water partition coefficient (Wildman–Crippen LogP) is 5.23. The SMILES string of the molecule is CCC(C)Oc1ccc(C2Nc3ccccc3C(=O)N2C(C)CC)cc1. The molecule has 1 aliphatic rings. The largest absolute Gasteiger partial charge is 0.491 e. The van der Waals surface area contributed by atoms with Crippen molar-refractivity contribution in [1.82, 2.24) is 4.90 Å². The van der Waals surface area contributed by atoms with E-state index in [0.717, 1.165) is 35.4 Å². The third-order valence-electron chi connectivity index (χ3n) is 5.14. The predicted molar refractivity (Wildman–Crippen MR) is 106 cm³/mol.